The number of hydrogen-bond donors (Lipinski definition) is 1. The highest BCUT2D eigenvalue weighted by atomic mass is 32.2. The van der Waals surface area contributed by atoms with Crippen molar-refractivity contribution in [3.05, 3.63) is 17.7 Å². The second-order valence-corrected chi connectivity index (χ2v) is 7.77. The number of nitrogens with zero attached hydrogens (tertiary/aromatic N) is 1. The quantitative estimate of drug-likeness (QED) is 0.491. The fourth-order valence-electron chi connectivity index (χ4n) is 3.04. The van der Waals surface area contributed by atoms with E-state index in [9.17, 15) is 13.2 Å². The van der Waals surface area contributed by atoms with Crippen molar-refractivity contribution >= 4 is 16.0 Å². The fraction of sp³-hybridized carbons (Fsp3) is 0.611. The van der Waals surface area contributed by atoms with Gasteiger partial charge in [-0.2, -0.15) is 8.42 Å². The lowest BCUT2D eigenvalue weighted by atomic mass is 10.1. The summed E-state index contributed by atoms with van der Waals surface area (Å²) >= 11 is 0. The van der Waals surface area contributed by atoms with Crippen LogP contribution in [0.15, 0.2) is 17.0 Å². The Bertz CT molecular complexity index is 761. The van der Waals surface area contributed by atoms with Crippen LogP contribution in [0, 0.1) is 0 Å². The number of nitrogens with one attached hydrogen (secondary N) is 1. The molecular weight excluding hydrogens is 372 g/mol. The molecule has 152 valence electrons. The molecule has 1 N–H and O–H groups in total. The van der Waals surface area contributed by atoms with Crippen LogP contribution in [-0.4, -0.2) is 65.7 Å². The Kier molecular flexibility index (Phi) is 7.46. The van der Waals surface area contributed by atoms with Gasteiger partial charge in [0.15, 0.2) is 17.6 Å². The number of fused-ring (bicyclic) bond motifs is 1. The van der Waals surface area contributed by atoms with Crippen molar-refractivity contribution in [1.29, 1.82) is 0 Å². The lowest BCUT2D eigenvalue weighted by molar-refractivity contribution is -0.128. The van der Waals surface area contributed by atoms with Crippen LogP contribution in [0.5, 0.6) is 11.5 Å². The zero-order valence-electron chi connectivity index (χ0n) is 16.3. The van der Waals surface area contributed by atoms with Gasteiger partial charge in [0, 0.05) is 19.0 Å². The molecule has 0 radical (unpaired) electrons. The average Bonchev–Trinajstić information content (AvgIpc) is 2.66. The van der Waals surface area contributed by atoms with Gasteiger partial charge in [0.2, 0.25) is 0 Å². The summed E-state index contributed by atoms with van der Waals surface area (Å²) in [6.07, 6.45) is -0.153. The molecule has 1 heterocycles. The number of amides is 1. The monoisotopic (exact) mass is 400 g/mol. The summed E-state index contributed by atoms with van der Waals surface area (Å²) in [4.78, 5) is 14.6. The highest BCUT2D eigenvalue weighted by Crippen LogP contribution is 2.37. The first-order chi connectivity index (χ1) is 12.9. The van der Waals surface area contributed by atoms with Crippen LogP contribution >= 0.6 is 0 Å². The number of ether oxygens (including phenoxy) is 2. The molecule has 0 saturated heterocycles. The topological polar surface area (TPSA) is 94.2 Å². The molecule has 0 aliphatic carbocycles. The summed E-state index contributed by atoms with van der Waals surface area (Å²) in [7, 11) is -1.15. The predicted molar refractivity (Wildman–Crippen MR) is 101 cm³/mol. The summed E-state index contributed by atoms with van der Waals surface area (Å²) in [6, 6.07) is 2.94. The Balaban J connectivity index is 2.06. The predicted octanol–water partition coefficient (Wildman–Crippen LogP) is 1.18. The minimum atomic E-state index is -4.05. The molecule has 1 aliphatic rings. The number of hydrogen-bond acceptors (Lipinski definition) is 7. The molecule has 1 aromatic rings. The molecule has 1 unspecified atom stereocenters. The second-order valence-electron chi connectivity index (χ2n) is 6.23. The molecule has 0 spiro atoms. The molecule has 9 heteroatoms. The molecule has 0 saturated carbocycles. The minimum Gasteiger partial charge on any atom is -0.493 e. The van der Waals surface area contributed by atoms with E-state index in [2.05, 4.69) is 24.1 Å². The van der Waals surface area contributed by atoms with E-state index in [1.54, 1.807) is 6.07 Å². The molecule has 1 amide bonds. The summed E-state index contributed by atoms with van der Waals surface area (Å²) < 4.78 is 40.4. The Morgan fingerprint density at radius 3 is 2.44 bits per heavy atom. The summed E-state index contributed by atoms with van der Waals surface area (Å²) in [6.45, 7) is 7.42. The van der Waals surface area contributed by atoms with E-state index in [4.69, 9.17) is 13.7 Å². The fourth-order valence-corrected chi connectivity index (χ4v) is 4.32. The van der Waals surface area contributed by atoms with Gasteiger partial charge in [-0.25, -0.2) is 0 Å². The maximum Gasteiger partial charge on any atom is 0.298 e. The zero-order valence-corrected chi connectivity index (χ0v) is 17.1. The van der Waals surface area contributed by atoms with Crippen LogP contribution in [0.1, 0.15) is 25.8 Å². The third kappa shape index (κ3) is 5.12. The first-order valence-corrected chi connectivity index (χ1v) is 10.4. The SMILES string of the molecule is CCN(CC)CCCNC(=O)C1Cc2cc(OC)c(OC)cc2S(=O)(=O)O1. The zero-order chi connectivity index (χ0) is 20.0. The second kappa shape index (κ2) is 9.38. The molecule has 2 rings (SSSR count). The van der Waals surface area contributed by atoms with Gasteiger partial charge in [-0.05, 0) is 37.7 Å². The normalized spacial score (nSPS) is 18.0. The van der Waals surface area contributed by atoms with Crippen LogP contribution in [0.4, 0.5) is 0 Å². The number of carbonyl (C=O) groups is 1. The molecule has 8 nitrogen and oxygen atoms in total. The highest BCUT2D eigenvalue weighted by Gasteiger charge is 2.36. The van der Waals surface area contributed by atoms with Crippen LogP contribution in [-0.2, 0) is 25.5 Å². The number of benzene rings is 1. The van der Waals surface area contributed by atoms with E-state index in [-0.39, 0.29) is 11.3 Å². The van der Waals surface area contributed by atoms with E-state index < -0.39 is 22.1 Å². The van der Waals surface area contributed by atoms with E-state index in [0.29, 0.717) is 23.6 Å². The molecule has 0 fully saturated rings. The largest absolute Gasteiger partial charge is 0.493 e. The molecular formula is C18H28N2O6S. The molecule has 1 atom stereocenters. The van der Waals surface area contributed by atoms with Crippen LogP contribution in [0.3, 0.4) is 0 Å². The Labute approximate surface area is 160 Å². The van der Waals surface area contributed by atoms with E-state index in [0.717, 1.165) is 26.1 Å². The van der Waals surface area contributed by atoms with Crippen LogP contribution < -0.4 is 14.8 Å². The number of carbonyl (C=O) groups excluding carboxylic acids is 1. The molecule has 1 aliphatic heterocycles. The summed E-state index contributed by atoms with van der Waals surface area (Å²) in [5.74, 6) is 0.271. The van der Waals surface area contributed by atoms with Gasteiger partial charge in [-0.3, -0.25) is 8.98 Å². The maximum atomic E-state index is 12.4. The first-order valence-electron chi connectivity index (χ1n) is 9.04. The maximum absolute atomic E-state index is 12.4. The first kappa shape index (κ1) is 21.5. The van der Waals surface area contributed by atoms with Crippen molar-refractivity contribution in [3.63, 3.8) is 0 Å². The third-order valence-corrected chi connectivity index (χ3v) is 6.03. The van der Waals surface area contributed by atoms with Gasteiger partial charge in [-0.1, -0.05) is 13.8 Å². The van der Waals surface area contributed by atoms with Gasteiger partial charge >= 0.3 is 0 Å². The van der Waals surface area contributed by atoms with Crippen molar-refractivity contribution in [2.45, 2.75) is 37.7 Å². The lowest BCUT2D eigenvalue weighted by Gasteiger charge is -2.25. The smallest absolute Gasteiger partial charge is 0.298 e. The van der Waals surface area contributed by atoms with Crippen molar-refractivity contribution in [2.75, 3.05) is 40.4 Å². The third-order valence-electron chi connectivity index (χ3n) is 4.62. The van der Waals surface area contributed by atoms with E-state index in [1.165, 1.54) is 20.3 Å². The van der Waals surface area contributed by atoms with E-state index in [1.807, 2.05) is 0 Å². The number of rotatable bonds is 9. The van der Waals surface area contributed by atoms with Crippen LogP contribution in [0.2, 0.25) is 0 Å². The van der Waals surface area contributed by atoms with Gasteiger partial charge in [0.1, 0.15) is 4.90 Å². The van der Waals surface area contributed by atoms with Crippen molar-refractivity contribution in [1.82, 2.24) is 10.2 Å². The highest BCUT2D eigenvalue weighted by molar-refractivity contribution is 7.87. The summed E-state index contributed by atoms with van der Waals surface area (Å²) in [5, 5.41) is 2.76. The van der Waals surface area contributed by atoms with E-state index >= 15 is 0 Å². The Morgan fingerprint density at radius 2 is 1.85 bits per heavy atom. The molecule has 27 heavy (non-hydrogen) atoms. The lowest BCUT2D eigenvalue weighted by Crippen LogP contribution is -2.42. The van der Waals surface area contributed by atoms with Crippen molar-refractivity contribution in [3.8, 4) is 11.5 Å². The molecule has 0 aromatic heterocycles. The van der Waals surface area contributed by atoms with Gasteiger partial charge in [-0.15, -0.1) is 0 Å². The van der Waals surface area contributed by atoms with Gasteiger partial charge < -0.3 is 19.7 Å². The molecule has 1 aromatic carbocycles. The summed E-state index contributed by atoms with van der Waals surface area (Å²) in [5.41, 5.74) is 0.474. The Morgan fingerprint density at radius 1 is 1.22 bits per heavy atom. The van der Waals surface area contributed by atoms with Crippen LogP contribution in [0.25, 0.3) is 0 Å². The minimum absolute atomic E-state index is 0.00531. The van der Waals surface area contributed by atoms with Crippen molar-refractivity contribution in [2.24, 2.45) is 0 Å². The van der Waals surface area contributed by atoms with Gasteiger partial charge in [0.05, 0.1) is 14.2 Å². The number of methoxy groups -OCH3 is 2. The standard InChI is InChI=1S/C18H28N2O6S/c1-5-20(6-2)9-7-8-19-18(21)16-11-13-10-14(24-3)15(25-4)12-17(13)27(22,23)26-16/h10,12,16H,5-9,11H2,1-4H3,(H,19,21). The van der Waals surface area contributed by atoms with Crippen molar-refractivity contribution < 1.29 is 26.9 Å². The average molecular weight is 400 g/mol. The Hall–Kier alpha value is -1.84. The van der Waals surface area contributed by atoms with Gasteiger partial charge in [0.25, 0.3) is 16.0 Å². The molecule has 0 bridgehead atoms.